The van der Waals surface area contributed by atoms with E-state index in [1.165, 1.54) is 0 Å². The topological polar surface area (TPSA) is 184 Å². The normalized spacial score (nSPS) is 11.6. The lowest BCUT2D eigenvalue weighted by molar-refractivity contribution is -0.0164. The van der Waals surface area contributed by atoms with Crippen LogP contribution in [0.5, 0.6) is 0 Å². The number of nitrogens with one attached hydrogen (secondary N) is 1. The van der Waals surface area contributed by atoms with Crippen LogP contribution < -0.4 is 11.1 Å². The predicted molar refractivity (Wildman–Crippen MR) is 202 cm³/mol. The Bertz CT molecular complexity index is 1740. The van der Waals surface area contributed by atoms with E-state index in [-0.39, 0.29) is 22.4 Å². The Labute approximate surface area is 317 Å². The highest BCUT2D eigenvalue weighted by molar-refractivity contribution is 7.90. The van der Waals surface area contributed by atoms with E-state index in [4.69, 9.17) is 38.6 Å². The van der Waals surface area contributed by atoms with Gasteiger partial charge in [-0.1, -0.05) is 18.2 Å². The van der Waals surface area contributed by atoms with Gasteiger partial charge in [0.05, 0.1) is 83.3 Å². The number of nitrogens with zero attached hydrogens (tertiary/aromatic N) is 2. The van der Waals surface area contributed by atoms with Crippen LogP contribution in [-0.2, 0) is 57.0 Å². The number of sulfone groups is 1. The van der Waals surface area contributed by atoms with Crippen LogP contribution in [0.25, 0.3) is 11.5 Å². The number of aryl methyl sites for hydroxylation is 2. The summed E-state index contributed by atoms with van der Waals surface area (Å²) in [6.07, 6.45) is 4.92. The summed E-state index contributed by atoms with van der Waals surface area (Å²) < 4.78 is 65.1. The average Bonchev–Trinajstić information content (AvgIpc) is 3.55. The zero-order valence-electron chi connectivity index (χ0n) is 30.9. The number of rotatable bonds is 28. The largest absolute Gasteiger partial charge is 0.441 e. The summed E-state index contributed by atoms with van der Waals surface area (Å²) in [6.45, 7) is 8.65. The second-order valence-corrected chi connectivity index (χ2v) is 14.1. The fourth-order valence-electron chi connectivity index (χ4n) is 5.03. The molecule has 0 atom stereocenters. The summed E-state index contributed by atoms with van der Waals surface area (Å²) >= 11 is 0. The molecule has 0 spiro atoms. The average molecular weight is 769 g/mol. The molecular formula is C39H52N4O10S. The van der Waals surface area contributed by atoms with Crippen molar-refractivity contribution < 1.29 is 46.1 Å². The van der Waals surface area contributed by atoms with Gasteiger partial charge in [-0.05, 0) is 73.4 Å². The Morgan fingerprint density at radius 1 is 0.741 bits per heavy atom. The molecule has 14 nitrogen and oxygen atoms in total. The first-order valence-electron chi connectivity index (χ1n) is 18.1. The maximum atomic E-state index is 13.3. The number of amides is 1. The molecule has 0 bridgehead atoms. The highest BCUT2D eigenvalue weighted by Crippen LogP contribution is 2.25. The van der Waals surface area contributed by atoms with Crippen molar-refractivity contribution in [2.75, 3.05) is 85.8 Å². The van der Waals surface area contributed by atoms with E-state index in [1.807, 2.05) is 24.3 Å². The van der Waals surface area contributed by atoms with E-state index in [0.717, 1.165) is 24.0 Å². The third-order valence-electron chi connectivity index (χ3n) is 7.95. The molecule has 0 radical (unpaired) electrons. The number of benzene rings is 2. The van der Waals surface area contributed by atoms with Crippen molar-refractivity contribution in [3.05, 3.63) is 101 Å². The van der Waals surface area contributed by atoms with E-state index in [1.54, 1.807) is 55.7 Å². The molecule has 4 rings (SSSR count). The van der Waals surface area contributed by atoms with Crippen molar-refractivity contribution in [1.82, 2.24) is 15.3 Å². The molecule has 2 aromatic heterocycles. The molecule has 0 fully saturated rings. The van der Waals surface area contributed by atoms with Gasteiger partial charge in [0.15, 0.2) is 9.84 Å². The minimum atomic E-state index is -3.67. The fourth-order valence-corrected chi connectivity index (χ4v) is 6.37. The van der Waals surface area contributed by atoms with E-state index >= 15 is 0 Å². The molecule has 54 heavy (non-hydrogen) atoms. The summed E-state index contributed by atoms with van der Waals surface area (Å²) in [5.74, 6) is 0.187. The van der Waals surface area contributed by atoms with Crippen LogP contribution in [-0.4, -0.2) is 110 Å². The zero-order valence-corrected chi connectivity index (χ0v) is 31.7. The number of hydrogen-bond donors (Lipinski definition) is 2. The van der Waals surface area contributed by atoms with Gasteiger partial charge in [0, 0.05) is 43.2 Å². The monoisotopic (exact) mass is 768 g/mol. The molecular weight excluding hydrogens is 717 g/mol. The molecule has 0 saturated heterocycles. The van der Waals surface area contributed by atoms with Crippen molar-refractivity contribution in [3.8, 4) is 11.5 Å². The van der Waals surface area contributed by atoms with Crippen molar-refractivity contribution in [1.29, 1.82) is 0 Å². The van der Waals surface area contributed by atoms with E-state index in [0.29, 0.717) is 115 Å². The molecule has 0 aliphatic heterocycles. The van der Waals surface area contributed by atoms with E-state index < -0.39 is 9.84 Å². The number of oxazole rings is 1. The molecule has 2 aromatic carbocycles. The van der Waals surface area contributed by atoms with Crippen molar-refractivity contribution in [2.24, 2.45) is 5.73 Å². The Hall–Kier alpha value is -4.06. The zero-order chi connectivity index (χ0) is 38.3. The molecule has 0 aliphatic rings. The third kappa shape index (κ3) is 15.7. The molecule has 4 aromatic rings. The number of ether oxygens (including phenoxy) is 6. The molecule has 0 saturated carbocycles. The minimum Gasteiger partial charge on any atom is -0.441 e. The Morgan fingerprint density at radius 2 is 1.31 bits per heavy atom. The van der Waals surface area contributed by atoms with Crippen LogP contribution >= 0.6 is 0 Å². The number of nitrogens with two attached hydrogens (primary N) is 1. The molecule has 2 heterocycles. The van der Waals surface area contributed by atoms with Gasteiger partial charge in [-0.25, -0.2) is 13.4 Å². The maximum Gasteiger partial charge on any atom is 0.251 e. The number of carbonyl (C=O) groups is 1. The maximum absolute atomic E-state index is 13.3. The first-order valence-corrected chi connectivity index (χ1v) is 19.7. The van der Waals surface area contributed by atoms with Crippen molar-refractivity contribution in [2.45, 2.75) is 37.0 Å². The summed E-state index contributed by atoms with van der Waals surface area (Å²) in [4.78, 5) is 21.3. The summed E-state index contributed by atoms with van der Waals surface area (Å²) in [6, 6.07) is 17.4. The highest BCUT2D eigenvalue weighted by Gasteiger charge is 2.21. The molecule has 294 valence electrons. The second kappa shape index (κ2) is 24.4. The predicted octanol–water partition coefficient (Wildman–Crippen LogP) is 3.94. The van der Waals surface area contributed by atoms with Crippen LogP contribution in [0.15, 0.2) is 82.4 Å². The number of pyridine rings is 1. The van der Waals surface area contributed by atoms with Gasteiger partial charge in [0.25, 0.3) is 5.91 Å². The first-order chi connectivity index (χ1) is 26.4. The van der Waals surface area contributed by atoms with Crippen LogP contribution in [0.2, 0.25) is 0 Å². The van der Waals surface area contributed by atoms with Crippen molar-refractivity contribution >= 4 is 15.7 Å². The van der Waals surface area contributed by atoms with Crippen LogP contribution in [0, 0.1) is 6.92 Å². The SMILES string of the molecule is Cc1oc(-c2ccc(C(=O)NCc3cccnc3)cc2)nc1CS(=O)(=O)c1ccc(CCCOCCOCCOCCOCCOCCOCCN)cc1. The van der Waals surface area contributed by atoms with Gasteiger partial charge < -0.3 is 43.9 Å². The summed E-state index contributed by atoms with van der Waals surface area (Å²) in [5.41, 5.74) is 8.71. The Balaban J connectivity index is 1.06. The van der Waals surface area contributed by atoms with E-state index in [9.17, 15) is 13.2 Å². The smallest absolute Gasteiger partial charge is 0.251 e. The molecule has 0 unspecified atom stereocenters. The van der Waals surface area contributed by atoms with Crippen LogP contribution in [0.4, 0.5) is 0 Å². The lowest BCUT2D eigenvalue weighted by atomic mass is 10.1. The lowest BCUT2D eigenvalue weighted by Gasteiger charge is -2.08. The van der Waals surface area contributed by atoms with Gasteiger partial charge in [-0.2, -0.15) is 0 Å². The quantitative estimate of drug-likeness (QED) is 0.0794. The molecule has 3 N–H and O–H groups in total. The number of aromatic nitrogens is 2. The second-order valence-electron chi connectivity index (χ2n) is 12.1. The molecule has 15 heteroatoms. The minimum absolute atomic E-state index is 0.215. The van der Waals surface area contributed by atoms with E-state index in [2.05, 4.69) is 15.3 Å². The number of carbonyl (C=O) groups excluding carboxylic acids is 1. The molecule has 1 amide bonds. The first kappa shape index (κ1) is 42.7. The van der Waals surface area contributed by atoms with Crippen LogP contribution in [0.1, 0.15) is 39.4 Å². The number of hydrogen-bond acceptors (Lipinski definition) is 13. The lowest BCUT2D eigenvalue weighted by Crippen LogP contribution is -2.22. The molecule has 0 aliphatic carbocycles. The standard InChI is InChI=1S/C39H52N4O10S/c1-31-37(43-39(53-31)35-10-8-34(9-11-35)38(44)42-29-33-4-2-15-41-28-33)30-54(45,46)36-12-6-32(7-13-36)5-3-16-47-18-20-49-22-24-51-26-27-52-25-23-50-21-19-48-17-14-40/h2,4,6-13,15,28H,3,5,14,16-27,29-30,40H2,1H3,(H,42,44). The van der Waals surface area contributed by atoms with Gasteiger partial charge >= 0.3 is 0 Å². The summed E-state index contributed by atoms with van der Waals surface area (Å²) in [7, 11) is -3.67. The van der Waals surface area contributed by atoms with Gasteiger partial charge in [0.1, 0.15) is 11.5 Å². The van der Waals surface area contributed by atoms with Gasteiger partial charge in [0.2, 0.25) is 5.89 Å². The Kier molecular flexibility index (Phi) is 19.3. The van der Waals surface area contributed by atoms with Gasteiger partial charge in [-0.15, -0.1) is 0 Å². The summed E-state index contributed by atoms with van der Waals surface area (Å²) in [5, 5.41) is 2.86. The third-order valence-corrected chi connectivity index (χ3v) is 9.59. The Morgan fingerprint density at radius 3 is 1.87 bits per heavy atom. The fraction of sp³-hybridized carbons (Fsp3) is 0.462. The van der Waals surface area contributed by atoms with Crippen LogP contribution in [0.3, 0.4) is 0 Å². The van der Waals surface area contributed by atoms with Gasteiger partial charge in [-0.3, -0.25) is 9.78 Å². The highest BCUT2D eigenvalue weighted by atomic mass is 32.2. The van der Waals surface area contributed by atoms with Crippen molar-refractivity contribution in [3.63, 3.8) is 0 Å².